The summed E-state index contributed by atoms with van der Waals surface area (Å²) in [4.78, 5) is 13.6. The zero-order valence-electron chi connectivity index (χ0n) is 11.0. The molecule has 0 spiro atoms. The molecule has 98 valence electrons. The van der Waals surface area contributed by atoms with Crippen molar-refractivity contribution >= 4 is 5.91 Å². The lowest BCUT2D eigenvalue weighted by molar-refractivity contribution is 0.0953. The fourth-order valence-electron chi connectivity index (χ4n) is 2.27. The van der Waals surface area contributed by atoms with Crippen molar-refractivity contribution in [3.8, 4) is 0 Å². The van der Waals surface area contributed by atoms with Crippen molar-refractivity contribution in [2.75, 3.05) is 13.6 Å². The minimum Gasteiger partial charge on any atom is -0.302 e. The molecule has 0 saturated heterocycles. The van der Waals surface area contributed by atoms with Crippen molar-refractivity contribution in [2.45, 2.75) is 19.9 Å². The fourth-order valence-corrected chi connectivity index (χ4v) is 2.27. The van der Waals surface area contributed by atoms with Crippen LogP contribution in [0.3, 0.4) is 0 Å². The van der Waals surface area contributed by atoms with Crippen LogP contribution in [0.4, 0.5) is 0 Å². The van der Waals surface area contributed by atoms with E-state index in [9.17, 15) is 4.79 Å². The van der Waals surface area contributed by atoms with Crippen LogP contribution < -0.4 is 11.3 Å². The maximum atomic E-state index is 11.3. The van der Waals surface area contributed by atoms with Gasteiger partial charge in [-0.3, -0.25) is 10.2 Å². The minimum atomic E-state index is -0.248. The molecular weight excluding hydrogens is 226 g/mol. The number of nitrogens with one attached hydrogen (secondary N) is 1. The molecular formula is C14H21N3O. The number of nitrogen functional groups attached to an aromatic ring is 1. The van der Waals surface area contributed by atoms with Crippen LogP contribution in [0.1, 0.15) is 29.3 Å². The molecule has 2 unspecified atom stereocenters. The Labute approximate surface area is 108 Å². The van der Waals surface area contributed by atoms with Crippen molar-refractivity contribution in [1.29, 1.82) is 0 Å². The van der Waals surface area contributed by atoms with Crippen LogP contribution in [-0.4, -0.2) is 24.4 Å². The van der Waals surface area contributed by atoms with Gasteiger partial charge in [0.25, 0.3) is 5.91 Å². The van der Waals surface area contributed by atoms with Crippen LogP contribution in [0, 0.1) is 11.8 Å². The maximum absolute atomic E-state index is 11.3. The first-order valence-corrected chi connectivity index (χ1v) is 6.38. The largest absolute Gasteiger partial charge is 0.302 e. The molecule has 4 nitrogen and oxygen atoms in total. The zero-order chi connectivity index (χ0) is 13.1. The van der Waals surface area contributed by atoms with Crippen molar-refractivity contribution in [3.05, 3.63) is 35.4 Å². The average Bonchev–Trinajstić information content (AvgIpc) is 3.04. The van der Waals surface area contributed by atoms with Gasteiger partial charge in [0, 0.05) is 18.7 Å². The van der Waals surface area contributed by atoms with Crippen LogP contribution in [0.2, 0.25) is 0 Å². The number of hydrogen-bond donors (Lipinski definition) is 2. The van der Waals surface area contributed by atoms with Crippen molar-refractivity contribution in [1.82, 2.24) is 10.3 Å². The maximum Gasteiger partial charge on any atom is 0.265 e. The molecule has 0 radical (unpaired) electrons. The second-order valence-electron chi connectivity index (χ2n) is 5.34. The summed E-state index contributed by atoms with van der Waals surface area (Å²) in [6, 6.07) is 7.59. The first kappa shape index (κ1) is 13.1. The lowest BCUT2D eigenvalue weighted by Crippen LogP contribution is -2.29. The van der Waals surface area contributed by atoms with Gasteiger partial charge in [0.05, 0.1) is 0 Å². The highest BCUT2D eigenvalue weighted by atomic mass is 16.2. The van der Waals surface area contributed by atoms with Gasteiger partial charge in [0.2, 0.25) is 0 Å². The Morgan fingerprint density at radius 3 is 2.56 bits per heavy atom. The number of carbonyl (C=O) groups is 1. The summed E-state index contributed by atoms with van der Waals surface area (Å²) in [5, 5.41) is 0. The summed E-state index contributed by atoms with van der Waals surface area (Å²) < 4.78 is 0. The normalized spacial score (nSPS) is 22.0. The van der Waals surface area contributed by atoms with E-state index in [1.165, 1.54) is 12.0 Å². The molecule has 1 aliphatic carbocycles. The van der Waals surface area contributed by atoms with E-state index in [1.54, 1.807) is 0 Å². The molecule has 18 heavy (non-hydrogen) atoms. The number of hydrazine groups is 1. The molecule has 1 aromatic rings. The van der Waals surface area contributed by atoms with Gasteiger partial charge in [-0.2, -0.15) is 0 Å². The zero-order valence-corrected chi connectivity index (χ0v) is 11.0. The molecule has 0 aliphatic heterocycles. The van der Waals surface area contributed by atoms with Gasteiger partial charge in [-0.25, -0.2) is 5.84 Å². The third-order valence-electron chi connectivity index (χ3n) is 3.62. The molecule has 0 aromatic heterocycles. The third-order valence-corrected chi connectivity index (χ3v) is 3.62. The van der Waals surface area contributed by atoms with E-state index in [0.29, 0.717) is 5.56 Å². The average molecular weight is 247 g/mol. The van der Waals surface area contributed by atoms with Gasteiger partial charge >= 0.3 is 0 Å². The van der Waals surface area contributed by atoms with Gasteiger partial charge in [-0.05, 0) is 43.0 Å². The van der Waals surface area contributed by atoms with E-state index in [2.05, 4.69) is 24.3 Å². The third kappa shape index (κ3) is 3.31. The highest BCUT2D eigenvalue weighted by molar-refractivity contribution is 5.93. The van der Waals surface area contributed by atoms with E-state index in [-0.39, 0.29) is 5.91 Å². The lowest BCUT2D eigenvalue weighted by atomic mass is 10.1. The summed E-state index contributed by atoms with van der Waals surface area (Å²) in [6.45, 7) is 4.39. The molecule has 1 aromatic carbocycles. The van der Waals surface area contributed by atoms with E-state index in [0.717, 1.165) is 24.9 Å². The Morgan fingerprint density at radius 2 is 2.06 bits per heavy atom. The topological polar surface area (TPSA) is 58.4 Å². The summed E-state index contributed by atoms with van der Waals surface area (Å²) >= 11 is 0. The molecule has 1 fully saturated rings. The van der Waals surface area contributed by atoms with Crippen LogP contribution in [0.5, 0.6) is 0 Å². The molecule has 1 saturated carbocycles. The van der Waals surface area contributed by atoms with E-state index < -0.39 is 0 Å². The van der Waals surface area contributed by atoms with Gasteiger partial charge in [-0.1, -0.05) is 19.1 Å². The highest BCUT2D eigenvalue weighted by Gasteiger charge is 2.32. The van der Waals surface area contributed by atoms with Crippen molar-refractivity contribution in [3.63, 3.8) is 0 Å². The SMILES string of the molecule is CC1CC1CN(C)Cc1ccc(C(=O)NN)cc1. The monoisotopic (exact) mass is 247 g/mol. The molecule has 4 heteroatoms. The quantitative estimate of drug-likeness (QED) is 0.469. The standard InChI is InChI=1S/C14H21N3O/c1-10-7-13(10)9-17(2)8-11-3-5-12(6-4-11)14(18)16-15/h3-6,10,13H,7-9,15H2,1-2H3,(H,16,18). The molecule has 1 aliphatic rings. The second kappa shape index (κ2) is 5.50. The minimum absolute atomic E-state index is 0.248. The Bertz CT molecular complexity index is 416. The highest BCUT2D eigenvalue weighted by Crippen LogP contribution is 2.38. The van der Waals surface area contributed by atoms with Gasteiger partial charge in [0.1, 0.15) is 0 Å². The van der Waals surface area contributed by atoms with E-state index >= 15 is 0 Å². The molecule has 2 rings (SSSR count). The first-order chi connectivity index (χ1) is 8.60. The van der Waals surface area contributed by atoms with E-state index in [4.69, 9.17) is 5.84 Å². The van der Waals surface area contributed by atoms with Crippen LogP contribution in [-0.2, 0) is 6.54 Å². The molecule has 3 N–H and O–H groups in total. The number of nitrogens with two attached hydrogens (primary N) is 1. The number of amides is 1. The number of rotatable bonds is 5. The molecule has 1 amide bonds. The predicted molar refractivity (Wildman–Crippen MR) is 71.7 cm³/mol. The molecule has 2 atom stereocenters. The Morgan fingerprint density at radius 1 is 1.44 bits per heavy atom. The molecule has 0 heterocycles. The number of nitrogens with zero attached hydrogens (tertiary/aromatic N) is 1. The number of hydrogen-bond acceptors (Lipinski definition) is 3. The Hall–Kier alpha value is -1.39. The number of carbonyl (C=O) groups excluding carboxylic acids is 1. The second-order valence-corrected chi connectivity index (χ2v) is 5.34. The summed E-state index contributed by atoms with van der Waals surface area (Å²) in [6.07, 6.45) is 1.36. The summed E-state index contributed by atoms with van der Waals surface area (Å²) in [5.74, 6) is 6.61. The van der Waals surface area contributed by atoms with Crippen LogP contribution >= 0.6 is 0 Å². The Balaban J connectivity index is 1.87. The van der Waals surface area contributed by atoms with Gasteiger partial charge in [-0.15, -0.1) is 0 Å². The van der Waals surface area contributed by atoms with Gasteiger partial charge < -0.3 is 4.90 Å². The van der Waals surface area contributed by atoms with Gasteiger partial charge in [0.15, 0.2) is 0 Å². The van der Waals surface area contributed by atoms with E-state index in [1.807, 2.05) is 24.3 Å². The predicted octanol–water partition coefficient (Wildman–Crippen LogP) is 1.38. The fraction of sp³-hybridized carbons (Fsp3) is 0.500. The first-order valence-electron chi connectivity index (χ1n) is 6.38. The van der Waals surface area contributed by atoms with Crippen molar-refractivity contribution in [2.24, 2.45) is 17.7 Å². The molecule has 0 bridgehead atoms. The Kier molecular flexibility index (Phi) is 3.99. The van der Waals surface area contributed by atoms with Crippen LogP contribution in [0.15, 0.2) is 24.3 Å². The smallest absolute Gasteiger partial charge is 0.265 e. The summed E-state index contributed by atoms with van der Waals surface area (Å²) in [5.41, 5.74) is 3.95. The van der Waals surface area contributed by atoms with Crippen molar-refractivity contribution < 1.29 is 4.79 Å². The lowest BCUT2D eigenvalue weighted by Gasteiger charge is -2.16. The summed E-state index contributed by atoms with van der Waals surface area (Å²) in [7, 11) is 2.14. The number of benzene rings is 1. The van der Waals surface area contributed by atoms with Crippen LogP contribution in [0.25, 0.3) is 0 Å².